The molecule has 0 N–H and O–H groups in total. The molecule has 3 heterocycles. The third-order valence-corrected chi connectivity index (χ3v) is 5.57. The Morgan fingerprint density at radius 3 is 2.70 bits per heavy atom. The summed E-state index contributed by atoms with van der Waals surface area (Å²) in [6.07, 6.45) is 0.974. The van der Waals surface area contributed by atoms with Crippen molar-refractivity contribution in [3.63, 3.8) is 0 Å². The maximum Gasteiger partial charge on any atom is 0.276 e. The number of carbonyl (C=O) groups is 1. The van der Waals surface area contributed by atoms with Gasteiger partial charge >= 0.3 is 0 Å². The number of benzene rings is 1. The molecule has 0 saturated carbocycles. The molecule has 1 fully saturated rings. The highest BCUT2D eigenvalue weighted by molar-refractivity contribution is 7.07. The number of para-hydroxylation sites is 1. The summed E-state index contributed by atoms with van der Waals surface area (Å²) in [4.78, 5) is 18.9. The maximum atomic E-state index is 13.0. The van der Waals surface area contributed by atoms with Crippen LogP contribution in [0.15, 0.2) is 47.2 Å². The van der Waals surface area contributed by atoms with Gasteiger partial charge in [-0.2, -0.15) is 21.2 Å². The molecule has 1 aliphatic rings. The Kier molecular flexibility index (Phi) is 5.31. The lowest BCUT2D eigenvalue weighted by Crippen LogP contribution is -2.35. The van der Waals surface area contributed by atoms with Crippen LogP contribution in [-0.2, 0) is 6.54 Å². The molecule has 1 aromatic carbocycles. The largest absolute Gasteiger partial charge is 0.336 e. The molecule has 2 aromatic heterocycles. The van der Waals surface area contributed by atoms with Crippen LogP contribution in [0.4, 0.5) is 0 Å². The van der Waals surface area contributed by atoms with Gasteiger partial charge in [0, 0.05) is 32.7 Å². The lowest BCUT2D eigenvalue weighted by Gasteiger charge is -2.21. The second-order valence-corrected chi connectivity index (χ2v) is 7.59. The third kappa shape index (κ3) is 4.09. The lowest BCUT2D eigenvalue weighted by molar-refractivity contribution is 0.0754. The van der Waals surface area contributed by atoms with Crippen molar-refractivity contribution in [3.05, 3.63) is 64.1 Å². The van der Waals surface area contributed by atoms with Gasteiger partial charge in [0.1, 0.15) is 0 Å². The standard InChI is InChI=1S/C20H23N5OS/c1-16-19(22-25(21-16)18-6-3-2-4-7-18)20(26)24-10-5-9-23(11-12-24)14-17-8-13-27-15-17/h2-4,6-8,13,15H,5,9-12,14H2,1H3. The Hall–Kier alpha value is -2.51. The predicted molar refractivity (Wildman–Crippen MR) is 106 cm³/mol. The average Bonchev–Trinajstić information content (AvgIpc) is 3.27. The van der Waals surface area contributed by atoms with Gasteiger partial charge in [0.2, 0.25) is 0 Å². The number of rotatable bonds is 4. The van der Waals surface area contributed by atoms with Crippen LogP contribution in [0.3, 0.4) is 0 Å². The van der Waals surface area contributed by atoms with Crippen LogP contribution in [-0.4, -0.2) is 56.9 Å². The summed E-state index contributed by atoms with van der Waals surface area (Å²) in [6, 6.07) is 11.9. The van der Waals surface area contributed by atoms with Gasteiger partial charge in [-0.1, -0.05) is 18.2 Å². The molecule has 4 rings (SSSR count). The lowest BCUT2D eigenvalue weighted by atomic mass is 10.3. The smallest absolute Gasteiger partial charge is 0.276 e. The van der Waals surface area contributed by atoms with E-state index in [4.69, 9.17) is 0 Å². The van der Waals surface area contributed by atoms with E-state index >= 15 is 0 Å². The molecular formula is C20H23N5OS. The Morgan fingerprint density at radius 2 is 1.93 bits per heavy atom. The predicted octanol–water partition coefficient (Wildman–Crippen LogP) is 2.99. The van der Waals surface area contributed by atoms with Crippen LogP contribution in [0.25, 0.3) is 5.69 Å². The number of hydrogen-bond donors (Lipinski definition) is 0. The number of thiophene rings is 1. The highest BCUT2D eigenvalue weighted by Crippen LogP contribution is 2.15. The first-order valence-electron chi connectivity index (χ1n) is 9.23. The van der Waals surface area contributed by atoms with Crippen molar-refractivity contribution in [3.8, 4) is 5.69 Å². The fourth-order valence-corrected chi connectivity index (χ4v) is 4.04. The fourth-order valence-electron chi connectivity index (χ4n) is 3.38. The van der Waals surface area contributed by atoms with Crippen LogP contribution in [0.2, 0.25) is 0 Å². The van der Waals surface area contributed by atoms with Gasteiger partial charge in [0.25, 0.3) is 5.91 Å². The number of nitrogens with zero attached hydrogens (tertiary/aromatic N) is 5. The highest BCUT2D eigenvalue weighted by Gasteiger charge is 2.25. The molecule has 1 amide bonds. The molecule has 140 valence electrons. The van der Waals surface area contributed by atoms with Crippen molar-refractivity contribution in [2.45, 2.75) is 19.9 Å². The van der Waals surface area contributed by atoms with Crippen molar-refractivity contribution in [2.75, 3.05) is 26.2 Å². The molecule has 7 heteroatoms. The molecule has 3 aromatic rings. The van der Waals surface area contributed by atoms with Crippen molar-refractivity contribution in [2.24, 2.45) is 0 Å². The van der Waals surface area contributed by atoms with E-state index in [2.05, 4.69) is 31.9 Å². The average molecular weight is 382 g/mol. The zero-order chi connectivity index (χ0) is 18.6. The van der Waals surface area contributed by atoms with Gasteiger partial charge in [-0.25, -0.2) is 0 Å². The summed E-state index contributed by atoms with van der Waals surface area (Å²) in [7, 11) is 0. The van der Waals surface area contributed by atoms with Gasteiger partial charge in [-0.05, 0) is 47.9 Å². The molecule has 0 bridgehead atoms. The number of aryl methyl sites for hydroxylation is 1. The second-order valence-electron chi connectivity index (χ2n) is 6.81. The molecule has 1 aliphatic heterocycles. The minimum absolute atomic E-state index is 0.0212. The van der Waals surface area contributed by atoms with Crippen LogP contribution >= 0.6 is 11.3 Å². The van der Waals surface area contributed by atoms with E-state index in [1.807, 2.05) is 42.2 Å². The van der Waals surface area contributed by atoms with E-state index in [-0.39, 0.29) is 5.91 Å². The van der Waals surface area contributed by atoms with Crippen LogP contribution in [0, 0.1) is 6.92 Å². The van der Waals surface area contributed by atoms with Gasteiger partial charge < -0.3 is 4.90 Å². The van der Waals surface area contributed by atoms with Crippen molar-refractivity contribution in [1.82, 2.24) is 24.8 Å². The zero-order valence-electron chi connectivity index (χ0n) is 15.4. The second kappa shape index (κ2) is 8.02. The van der Waals surface area contributed by atoms with Gasteiger partial charge in [-0.15, -0.1) is 5.10 Å². The van der Waals surface area contributed by atoms with Crippen molar-refractivity contribution < 1.29 is 4.79 Å². The molecule has 0 spiro atoms. The first-order chi connectivity index (χ1) is 13.2. The fraction of sp³-hybridized carbons (Fsp3) is 0.350. The number of aromatic nitrogens is 3. The van der Waals surface area contributed by atoms with E-state index in [1.165, 1.54) is 5.56 Å². The molecule has 0 radical (unpaired) electrons. The summed E-state index contributed by atoms with van der Waals surface area (Å²) in [5.41, 5.74) is 3.33. The number of amides is 1. The first kappa shape index (κ1) is 17.9. The first-order valence-corrected chi connectivity index (χ1v) is 10.2. The summed E-state index contributed by atoms with van der Waals surface area (Å²) in [6.45, 7) is 6.18. The van der Waals surface area contributed by atoms with E-state index in [0.29, 0.717) is 11.4 Å². The highest BCUT2D eigenvalue weighted by atomic mass is 32.1. The monoisotopic (exact) mass is 381 g/mol. The van der Waals surface area contributed by atoms with Crippen molar-refractivity contribution in [1.29, 1.82) is 0 Å². The minimum Gasteiger partial charge on any atom is -0.336 e. The molecule has 6 nitrogen and oxygen atoms in total. The molecule has 27 heavy (non-hydrogen) atoms. The Balaban J connectivity index is 1.44. The summed E-state index contributed by atoms with van der Waals surface area (Å²) in [5, 5.41) is 13.2. The molecule has 1 saturated heterocycles. The Labute approximate surface area is 163 Å². The van der Waals surface area contributed by atoms with E-state index < -0.39 is 0 Å². The molecule has 0 unspecified atom stereocenters. The zero-order valence-corrected chi connectivity index (χ0v) is 16.2. The van der Waals surface area contributed by atoms with Crippen LogP contribution in [0.5, 0.6) is 0 Å². The molecule has 0 aliphatic carbocycles. The van der Waals surface area contributed by atoms with Crippen molar-refractivity contribution >= 4 is 17.2 Å². The molecular weight excluding hydrogens is 358 g/mol. The van der Waals surface area contributed by atoms with Gasteiger partial charge in [-0.3, -0.25) is 9.69 Å². The number of carbonyl (C=O) groups excluding carboxylic acids is 1. The van der Waals surface area contributed by atoms with Crippen LogP contribution < -0.4 is 0 Å². The van der Waals surface area contributed by atoms with Gasteiger partial charge in [0.15, 0.2) is 5.69 Å². The van der Waals surface area contributed by atoms with Crippen LogP contribution in [0.1, 0.15) is 28.2 Å². The quantitative estimate of drug-likeness (QED) is 0.697. The topological polar surface area (TPSA) is 54.3 Å². The molecule has 0 atom stereocenters. The Morgan fingerprint density at radius 1 is 1.07 bits per heavy atom. The maximum absolute atomic E-state index is 13.0. The summed E-state index contributed by atoms with van der Waals surface area (Å²) >= 11 is 1.73. The summed E-state index contributed by atoms with van der Waals surface area (Å²) < 4.78 is 0. The van der Waals surface area contributed by atoms with Gasteiger partial charge in [0.05, 0.1) is 11.4 Å². The minimum atomic E-state index is -0.0212. The van der Waals surface area contributed by atoms with E-state index in [0.717, 1.165) is 44.8 Å². The number of hydrogen-bond acceptors (Lipinski definition) is 5. The van der Waals surface area contributed by atoms with E-state index in [1.54, 1.807) is 16.1 Å². The normalized spacial score (nSPS) is 15.7. The van der Waals surface area contributed by atoms with E-state index in [9.17, 15) is 4.79 Å². The Bertz CT molecular complexity index is 891. The SMILES string of the molecule is Cc1nn(-c2ccccc2)nc1C(=O)N1CCCN(Cc2ccsc2)CC1. The third-order valence-electron chi connectivity index (χ3n) is 4.83. The summed E-state index contributed by atoms with van der Waals surface area (Å²) in [5.74, 6) is -0.0212.